The first kappa shape index (κ1) is 15.7. The summed E-state index contributed by atoms with van der Waals surface area (Å²) in [5.41, 5.74) is 3.17. The van der Waals surface area contributed by atoms with Crippen LogP contribution in [-0.4, -0.2) is 4.92 Å². The molecule has 1 aliphatic rings. The van der Waals surface area contributed by atoms with Crippen molar-refractivity contribution >= 4 is 5.69 Å². The van der Waals surface area contributed by atoms with Gasteiger partial charge in [0.25, 0.3) is 5.69 Å². The highest BCUT2D eigenvalue weighted by Crippen LogP contribution is 2.31. The van der Waals surface area contributed by atoms with Gasteiger partial charge in [0.05, 0.1) is 11.2 Å². The van der Waals surface area contributed by atoms with Gasteiger partial charge in [-0.3, -0.25) is 10.1 Å². The predicted octanol–water partition coefficient (Wildman–Crippen LogP) is 4.48. The van der Waals surface area contributed by atoms with Crippen molar-refractivity contribution in [1.82, 2.24) is 5.32 Å². The third kappa shape index (κ3) is 3.29. The number of aryl methyl sites for hydroxylation is 1. The van der Waals surface area contributed by atoms with E-state index in [1.54, 1.807) is 12.3 Å². The molecule has 1 N–H and O–H groups in total. The van der Waals surface area contributed by atoms with Gasteiger partial charge in [-0.1, -0.05) is 26.0 Å². The molecular weight excluding hydrogens is 292 g/mol. The summed E-state index contributed by atoms with van der Waals surface area (Å²) in [5.74, 6) is 1.21. The molecule has 122 valence electrons. The SMILES string of the molecule is CC(C)c1ccc(CNC2CCCc3occc32)cc1[N+](=O)[O-]. The lowest BCUT2D eigenvalue weighted by Crippen LogP contribution is -2.24. The van der Waals surface area contributed by atoms with E-state index in [9.17, 15) is 10.1 Å². The minimum absolute atomic E-state index is 0.143. The number of hydrogen-bond donors (Lipinski definition) is 1. The lowest BCUT2D eigenvalue weighted by molar-refractivity contribution is -0.385. The van der Waals surface area contributed by atoms with Crippen LogP contribution in [0.3, 0.4) is 0 Å². The van der Waals surface area contributed by atoms with Crippen molar-refractivity contribution in [1.29, 1.82) is 0 Å². The van der Waals surface area contributed by atoms with Crippen LogP contribution in [0.15, 0.2) is 34.9 Å². The van der Waals surface area contributed by atoms with Gasteiger partial charge in [0.15, 0.2) is 0 Å². The molecular formula is C18H22N2O3. The Morgan fingerprint density at radius 3 is 2.96 bits per heavy atom. The zero-order chi connectivity index (χ0) is 16.4. The molecule has 1 atom stereocenters. The summed E-state index contributed by atoms with van der Waals surface area (Å²) < 4.78 is 5.50. The maximum atomic E-state index is 11.3. The molecule has 3 rings (SSSR count). The maximum absolute atomic E-state index is 11.3. The van der Waals surface area contributed by atoms with Crippen molar-refractivity contribution in [2.24, 2.45) is 0 Å². The molecule has 0 saturated heterocycles. The average Bonchev–Trinajstić information content (AvgIpc) is 3.01. The smallest absolute Gasteiger partial charge is 0.273 e. The largest absolute Gasteiger partial charge is 0.469 e. The Bertz CT molecular complexity index is 706. The molecule has 23 heavy (non-hydrogen) atoms. The fourth-order valence-corrected chi connectivity index (χ4v) is 3.29. The summed E-state index contributed by atoms with van der Waals surface area (Å²) >= 11 is 0. The Morgan fingerprint density at radius 1 is 1.39 bits per heavy atom. The molecule has 0 radical (unpaired) electrons. The van der Waals surface area contributed by atoms with Crippen LogP contribution in [-0.2, 0) is 13.0 Å². The van der Waals surface area contributed by atoms with E-state index in [1.807, 2.05) is 32.0 Å². The summed E-state index contributed by atoms with van der Waals surface area (Å²) in [6.07, 6.45) is 4.91. The highest BCUT2D eigenvalue weighted by atomic mass is 16.6. The number of rotatable bonds is 5. The highest BCUT2D eigenvalue weighted by Gasteiger charge is 2.22. The van der Waals surface area contributed by atoms with E-state index in [2.05, 4.69) is 5.32 Å². The molecule has 1 unspecified atom stereocenters. The van der Waals surface area contributed by atoms with Crippen molar-refractivity contribution in [2.75, 3.05) is 0 Å². The second-order valence-electron chi connectivity index (χ2n) is 6.43. The minimum atomic E-state index is -0.284. The fraction of sp³-hybridized carbons (Fsp3) is 0.444. The topological polar surface area (TPSA) is 68.3 Å². The second kappa shape index (κ2) is 6.54. The molecule has 0 amide bonds. The van der Waals surface area contributed by atoms with E-state index in [4.69, 9.17) is 4.42 Å². The van der Waals surface area contributed by atoms with Gasteiger partial charge in [-0.05, 0) is 30.4 Å². The van der Waals surface area contributed by atoms with Gasteiger partial charge in [-0.2, -0.15) is 0 Å². The normalized spacial score (nSPS) is 17.3. The van der Waals surface area contributed by atoms with Crippen LogP contribution in [0.2, 0.25) is 0 Å². The molecule has 0 bridgehead atoms. The van der Waals surface area contributed by atoms with Crippen LogP contribution < -0.4 is 5.32 Å². The number of nitrogens with one attached hydrogen (secondary N) is 1. The van der Waals surface area contributed by atoms with Crippen LogP contribution in [0.5, 0.6) is 0 Å². The summed E-state index contributed by atoms with van der Waals surface area (Å²) in [6, 6.07) is 7.84. The summed E-state index contributed by atoms with van der Waals surface area (Å²) in [7, 11) is 0. The Balaban J connectivity index is 1.75. The number of nitrogens with zero attached hydrogens (tertiary/aromatic N) is 1. The van der Waals surface area contributed by atoms with E-state index in [0.29, 0.717) is 6.54 Å². The molecule has 1 aliphatic carbocycles. The monoisotopic (exact) mass is 314 g/mol. The van der Waals surface area contributed by atoms with Gasteiger partial charge in [0.1, 0.15) is 5.76 Å². The van der Waals surface area contributed by atoms with Gasteiger partial charge in [0, 0.05) is 36.2 Å². The molecule has 0 aliphatic heterocycles. The van der Waals surface area contributed by atoms with Crippen molar-refractivity contribution < 1.29 is 9.34 Å². The number of furan rings is 1. The molecule has 1 aromatic carbocycles. The lowest BCUT2D eigenvalue weighted by Gasteiger charge is -2.23. The third-order valence-electron chi connectivity index (χ3n) is 4.52. The van der Waals surface area contributed by atoms with Gasteiger partial charge in [0.2, 0.25) is 0 Å². The summed E-state index contributed by atoms with van der Waals surface area (Å²) in [6.45, 7) is 4.57. The third-order valence-corrected chi connectivity index (χ3v) is 4.52. The second-order valence-corrected chi connectivity index (χ2v) is 6.43. The first-order valence-corrected chi connectivity index (χ1v) is 8.13. The van der Waals surface area contributed by atoms with Gasteiger partial charge in [-0.15, -0.1) is 0 Å². The van der Waals surface area contributed by atoms with Gasteiger partial charge in [-0.25, -0.2) is 0 Å². The van der Waals surface area contributed by atoms with Crippen molar-refractivity contribution in [3.8, 4) is 0 Å². The fourth-order valence-electron chi connectivity index (χ4n) is 3.29. The zero-order valence-electron chi connectivity index (χ0n) is 13.5. The first-order valence-electron chi connectivity index (χ1n) is 8.13. The molecule has 5 nitrogen and oxygen atoms in total. The van der Waals surface area contributed by atoms with Crippen LogP contribution in [0.1, 0.15) is 61.1 Å². The number of hydrogen-bond acceptors (Lipinski definition) is 4. The van der Waals surface area contributed by atoms with Crippen LogP contribution in [0.4, 0.5) is 5.69 Å². The number of nitro benzene ring substituents is 1. The molecule has 5 heteroatoms. The van der Waals surface area contributed by atoms with E-state index < -0.39 is 0 Å². The van der Waals surface area contributed by atoms with Crippen LogP contribution >= 0.6 is 0 Å². The summed E-state index contributed by atoms with van der Waals surface area (Å²) in [5, 5.41) is 14.8. The molecule has 1 heterocycles. The van der Waals surface area contributed by atoms with E-state index >= 15 is 0 Å². The standard InChI is InChI=1S/C18H22N2O3/c1-12(2)14-7-6-13(10-17(14)20(21)22)11-19-16-4-3-5-18-15(16)8-9-23-18/h6-10,12,16,19H,3-5,11H2,1-2H3. The van der Waals surface area contributed by atoms with E-state index in [1.165, 1.54) is 5.56 Å². The Labute approximate surface area is 135 Å². The highest BCUT2D eigenvalue weighted by molar-refractivity contribution is 5.45. The van der Waals surface area contributed by atoms with Gasteiger partial charge < -0.3 is 9.73 Å². The molecule has 1 aromatic heterocycles. The van der Waals surface area contributed by atoms with Crippen LogP contribution in [0, 0.1) is 10.1 Å². The molecule has 0 spiro atoms. The van der Waals surface area contributed by atoms with Crippen molar-refractivity contribution in [3.05, 3.63) is 63.1 Å². The zero-order valence-corrected chi connectivity index (χ0v) is 13.5. The van der Waals surface area contributed by atoms with E-state index in [-0.39, 0.29) is 22.6 Å². The quantitative estimate of drug-likeness (QED) is 0.652. The number of nitro groups is 1. The molecule has 2 aromatic rings. The van der Waals surface area contributed by atoms with Gasteiger partial charge >= 0.3 is 0 Å². The van der Waals surface area contributed by atoms with Crippen molar-refractivity contribution in [3.63, 3.8) is 0 Å². The number of benzene rings is 1. The molecule has 0 fully saturated rings. The summed E-state index contributed by atoms with van der Waals surface area (Å²) in [4.78, 5) is 11.0. The average molecular weight is 314 g/mol. The Hall–Kier alpha value is -2.14. The van der Waals surface area contributed by atoms with E-state index in [0.717, 1.165) is 36.1 Å². The van der Waals surface area contributed by atoms with Crippen molar-refractivity contribution in [2.45, 2.75) is 51.6 Å². The predicted molar refractivity (Wildman–Crippen MR) is 88.4 cm³/mol. The lowest BCUT2D eigenvalue weighted by atomic mass is 9.93. The van der Waals surface area contributed by atoms with Crippen LogP contribution in [0.25, 0.3) is 0 Å². The molecule has 0 saturated carbocycles. The number of fused-ring (bicyclic) bond motifs is 1. The Kier molecular flexibility index (Phi) is 4.48. The minimum Gasteiger partial charge on any atom is -0.469 e. The first-order chi connectivity index (χ1) is 11.1. The Morgan fingerprint density at radius 2 is 2.22 bits per heavy atom. The maximum Gasteiger partial charge on any atom is 0.273 e.